The topological polar surface area (TPSA) is 67.6 Å². The van der Waals surface area contributed by atoms with E-state index >= 15 is 0 Å². The number of carbonyl (C=O) groups excluding carboxylic acids is 1. The summed E-state index contributed by atoms with van der Waals surface area (Å²) < 4.78 is 24.8. The first-order valence-corrected chi connectivity index (χ1v) is 10.5. The lowest BCUT2D eigenvalue weighted by atomic mass is 10.0. The van der Waals surface area contributed by atoms with Crippen molar-refractivity contribution < 1.29 is 18.4 Å². The fourth-order valence-electron chi connectivity index (χ4n) is 3.72. The van der Waals surface area contributed by atoms with Crippen molar-refractivity contribution in [3.05, 3.63) is 65.3 Å². The minimum atomic E-state index is -0.356. The van der Waals surface area contributed by atoms with Crippen LogP contribution >= 0.6 is 0 Å². The number of nitrogens with one attached hydrogen (secondary N) is 1. The van der Waals surface area contributed by atoms with Crippen LogP contribution in [0.15, 0.2) is 47.0 Å². The predicted octanol–water partition coefficient (Wildman–Crippen LogP) is 4.36. The number of hydrogen-bond donors (Lipinski definition) is 1. The third-order valence-electron chi connectivity index (χ3n) is 5.43. The highest BCUT2D eigenvalue weighted by Gasteiger charge is 2.19. The molecule has 1 aromatic heterocycles. The molecule has 0 aliphatic carbocycles. The number of amides is 1. The second-order valence-corrected chi connectivity index (χ2v) is 7.81. The van der Waals surface area contributed by atoms with E-state index in [0.717, 1.165) is 42.2 Å². The van der Waals surface area contributed by atoms with Gasteiger partial charge in [0.25, 0.3) is 0 Å². The quantitative estimate of drug-likeness (QED) is 0.583. The minimum Gasteiger partial charge on any atom is -0.492 e. The van der Waals surface area contributed by atoms with E-state index in [2.05, 4.69) is 15.4 Å². The Labute approximate surface area is 181 Å². The molecule has 0 saturated carbocycles. The summed E-state index contributed by atoms with van der Waals surface area (Å²) in [5, 5.41) is 6.95. The molecular weight excluding hydrogens is 397 g/mol. The standard InChI is InChI=1S/C24H26FN3O3/c1-16-24(17(2)31-27-16)21-15-20(7-8-22(21)30-12-11-28-9-4-10-28)26-23(29)14-18-5-3-6-19(25)13-18/h3,5-8,13,15H,4,9-12,14H2,1-2H3,(H,26,29). The molecule has 2 heterocycles. The molecule has 1 fully saturated rings. The van der Waals surface area contributed by atoms with Gasteiger partial charge in [-0.1, -0.05) is 17.3 Å². The maximum absolute atomic E-state index is 13.4. The molecule has 3 aromatic rings. The van der Waals surface area contributed by atoms with Gasteiger partial charge in [-0.3, -0.25) is 9.69 Å². The molecule has 1 N–H and O–H groups in total. The van der Waals surface area contributed by atoms with Gasteiger partial charge in [-0.05, 0) is 69.3 Å². The highest BCUT2D eigenvalue weighted by molar-refractivity contribution is 5.93. The Balaban J connectivity index is 1.53. The largest absolute Gasteiger partial charge is 0.492 e. The van der Waals surface area contributed by atoms with Crippen LogP contribution < -0.4 is 10.1 Å². The maximum Gasteiger partial charge on any atom is 0.228 e. The van der Waals surface area contributed by atoms with Gasteiger partial charge < -0.3 is 14.6 Å². The number of hydrogen-bond acceptors (Lipinski definition) is 5. The third-order valence-corrected chi connectivity index (χ3v) is 5.43. The first-order valence-electron chi connectivity index (χ1n) is 10.5. The number of nitrogens with zero attached hydrogens (tertiary/aromatic N) is 2. The summed E-state index contributed by atoms with van der Waals surface area (Å²) in [6.07, 6.45) is 1.33. The number of likely N-dealkylation sites (tertiary alicyclic amines) is 1. The second-order valence-electron chi connectivity index (χ2n) is 7.81. The molecule has 6 nitrogen and oxygen atoms in total. The average molecular weight is 423 g/mol. The Morgan fingerprint density at radius 2 is 2.06 bits per heavy atom. The molecule has 2 aromatic carbocycles. The van der Waals surface area contributed by atoms with Gasteiger partial charge in [0.2, 0.25) is 5.91 Å². The fraction of sp³-hybridized carbons (Fsp3) is 0.333. The third kappa shape index (κ3) is 5.11. The van der Waals surface area contributed by atoms with Crippen LogP contribution in [-0.2, 0) is 11.2 Å². The van der Waals surface area contributed by atoms with Gasteiger partial charge in [0.15, 0.2) is 0 Å². The minimum absolute atomic E-state index is 0.0898. The van der Waals surface area contributed by atoms with Gasteiger partial charge in [0.1, 0.15) is 23.9 Å². The molecule has 1 saturated heterocycles. The fourth-order valence-corrected chi connectivity index (χ4v) is 3.72. The van der Waals surface area contributed by atoms with Crippen molar-refractivity contribution in [2.45, 2.75) is 26.7 Å². The zero-order chi connectivity index (χ0) is 21.8. The van der Waals surface area contributed by atoms with E-state index in [0.29, 0.717) is 23.6 Å². The van der Waals surface area contributed by atoms with Crippen LogP contribution in [0.25, 0.3) is 11.1 Å². The number of halogens is 1. The Hall–Kier alpha value is -3.19. The van der Waals surface area contributed by atoms with Gasteiger partial charge in [-0.25, -0.2) is 4.39 Å². The van der Waals surface area contributed by atoms with Gasteiger partial charge in [-0.2, -0.15) is 0 Å². The van der Waals surface area contributed by atoms with Gasteiger partial charge in [0.05, 0.1) is 17.7 Å². The normalized spacial score (nSPS) is 13.6. The number of anilines is 1. The Morgan fingerprint density at radius 3 is 2.74 bits per heavy atom. The molecule has 1 aliphatic heterocycles. The Bertz CT molecular complexity index is 1060. The average Bonchev–Trinajstić information content (AvgIpc) is 3.02. The van der Waals surface area contributed by atoms with Crippen molar-refractivity contribution in [1.29, 1.82) is 0 Å². The lowest BCUT2D eigenvalue weighted by molar-refractivity contribution is -0.115. The molecule has 162 valence electrons. The first-order chi connectivity index (χ1) is 15.0. The number of aromatic nitrogens is 1. The smallest absolute Gasteiger partial charge is 0.228 e. The zero-order valence-electron chi connectivity index (χ0n) is 17.8. The van der Waals surface area contributed by atoms with Crippen LogP contribution in [0.5, 0.6) is 5.75 Å². The Morgan fingerprint density at radius 1 is 1.23 bits per heavy atom. The van der Waals surface area contributed by atoms with E-state index in [1.165, 1.54) is 18.6 Å². The monoisotopic (exact) mass is 423 g/mol. The second kappa shape index (κ2) is 9.31. The molecule has 0 bridgehead atoms. The van der Waals surface area contributed by atoms with Crippen molar-refractivity contribution in [3.63, 3.8) is 0 Å². The van der Waals surface area contributed by atoms with E-state index in [1.54, 1.807) is 12.1 Å². The lowest BCUT2D eigenvalue weighted by Gasteiger charge is -2.30. The van der Waals surface area contributed by atoms with Crippen molar-refractivity contribution in [2.75, 3.05) is 31.6 Å². The van der Waals surface area contributed by atoms with E-state index in [4.69, 9.17) is 9.26 Å². The molecule has 1 amide bonds. The molecule has 0 spiro atoms. The van der Waals surface area contributed by atoms with E-state index in [-0.39, 0.29) is 18.1 Å². The Kier molecular flexibility index (Phi) is 6.32. The van der Waals surface area contributed by atoms with Crippen molar-refractivity contribution in [1.82, 2.24) is 10.1 Å². The number of carbonyl (C=O) groups is 1. The summed E-state index contributed by atoms with van der Waals surface area (Å²) in [6, 6.07) is 11.6. The highest BCUT2D eigenvalue weighted by Crippen LogP contribution is 2.36. The number of rotatable bonds is 8. The van der Waals surface area contributed by atoms with Crippen LogP contribution in [-0.4, -0.2) is 42.2 Å². The van der Waals surface area contributed by atoms with Crippen molar-refractivity contribution in [3.8, 4) is 16.9 Å². The van der Waals surface area contributed by atoms with Crippen LogP contribution in [0.4, 0.5) is 10.1 Å². The lowest BCUT2D eigenvalue weighted by Crippen LogP contribution is -2.39. The van der Waals surface area contributed by atoms with E-state index in [9.17, 15) is 9.18 Å². The molecular formula is C24H26FN3O3. The van der Waals surface area contributed by atoms with Crippen LogP contribution in [0.2, 0.25) is 0 Å². The first kappa shape index (κ1) is 21.1. The highest BCUT2D eigenvalue weighted by atomic mass is 19.1. The summed E-state index contributed by atoms with van der Waals surface area (Å²) in [7, 11) is 0. The van der Waals surface area contributed by atoms with Crippen LogP contribution in [0.3, 0.4) is 0 Å². The summed E-state index contributed by atoms with van der Waals surface area (Å²) >= 11 is 0. The van der Waals surface area contributed by atoms with Gasteiger partial charge in [0, 0.05) is 17.8 Å². The maximum atomic E-state index is 13.4. The summed E-state index contributed by atoms with van der Waals surface area (Å²) in [6.45, 7) is 7.45. The zero-order valence-corrected chi connectivity index (χ0v) is 17.8. The molecule has 31 heavy (non-hydrogen) atoms. The predicted molar refractivity (Wildman–Crippen MR) is 117 cm³/mol. The van der Waals surface area contributed by atoms with Crippen molar-refractivity contribution in [2.24, 2.45) is 0 Å². The summed E-state index contributed by atoms with van der Waals surface area (Å²) in [5.74, 6) is 0.832. The van der Waals surface area contributed by atoms with Crippen LogP contribution in [0, 0.1) is 19.7 Å². The van der Waals surface area contributed by atoms with Crippen molar-refractivity contribution >= 4 is 11.6 Å². The molecule has 0 radical (unpaired) electrons. The van der Waals surface area contributed by atoms with Gasteiger partial charge in [-0.15, -0.1) is 0 Å². The van der Waals surface area contributed by atoms with E-state index < -0.39 is 0 Å². The number of ether oxygens (including phenoxy) is 1. The molecule has 7 heteroatoms. The summed E-state index contributed by atoms with van der Waals surface area (Å²) in [5.41, 5.74) is 3.69. The number of benzene rings is 2. The molecule has 1 aliphatic rings. The number of aryl methyl sites for hydroxylation is 2. The van der Waals surface area contributed by atoms with E-state index in [1.807, 2.05) is 32.0 Å². The molecule has 4 rings (SSSR count). The molecule has 0 atom stereocenters. The SMILES string of the molecule is Cc1noc(C)c1-c1cc(NC(=O)Cc2cccc(F)c2)ccc1OCCN1CCC1. The molecule has 0 unspecified atom stereocenters. The summed E-state index contributed by atoms with van der Waals surface area (Å²) in [4.78, 5) is 14.8. The van der Waals surface area contributed by atoms with Crippen LogP contribution in [0.1, 0.15) is 23.4 Å². The van der Waals surface area contributed by atoms with Gasteiger partial charge >= 0.3 is 0 Å².